The third kappa shape index (κ3) is 4.70. The van der Waals surface area contributed by atoms with Crippen LogP contribution in [-0.2, 0) is 11.2 Å². The minimum atomic E-state index is -0.228. The van der Waals surface area contributed by atoms with Crippen LogP contribution >= 0.6 is 0 Å². The highest BCUT2D eigenvalue weighted by Gasteiger charge is 2.15. The summed E-state index contributed by atoms with van der Waals surface area (Å²) in [6.07, 6.45) is 2.14. The van der Waals surface area contributed by atoms with Crippen molar-refractivity contribution in [2.75, 3.05) is 5.32 Å². The number of ketones is 1. The van der Waals surface area contributed by atoms with Gasteiger partial charge in [0.15, 0.2) is 11.5 Å². The van der Waals surface area contributed by atoms with Crippen molar-refractivity contribution in [2.45, 2.75) is 19.3 Å². The van der Waals surface area contributed by atoms with Crippen LogP contribution in [-0.4, -0.2) is 21.8 Å². The number of furan rings is 1. The molecule has 1 N–H and O–H groups in total. The lowest BCUT2D eigenvalue weighted by atomic mass is 10.1. The number of hydrogen-bond donors (Lipinski definition) is 1. The van der Waals surface area contributed by atoms with Crippen LogP contribution < -0.4 is 5.32 Å². The third-order valence-corrected chi connectivity index (χ3v) is 4.52. The average Bonchev–Trinajstić information content (AvgIpc) is 3.46. The molecule has 0 aliphatic heterocycles. The standard InChI is InChI=1S/C23H19N3O4/c27-19(16-7-2-1-3-8-16)12-13-21(28)24-18-10-5-4-9-17(18)15-22-25-23(26-30-22)20-11-6-14-29-20/h1-11,14H,12-13,15H2,(H,24,28). The predicted molar refractivity (Wildman–Crippen MR) is 110 cm³/mol. The molecule has 0 spiro atoms. The van der Waals surface area contributed by atoms with Gasteiger partial charge in [0.2, 0.25) is 17.6 Å². The molecular weight excluding hydrogens is 382 g/mol. The van der Waals surface area contributed by atoms with E-state index in [-0.39, 0.29) is 24.5 Å². The Morgan fingerprint density at radius 1 is 0.900 bits per heavy atom. The third-order valence-electron chi connectivity index (χ3n) is 4.52. The van der Waals surface area contributed by atoms with Crippen molar-refractivity contribution >= 4 is 17.4 Å². The number of Topliss-reactive ketones (excluding diaryl/α,β-unsaturated/α-hetero) is 1. The van der Waals surface area contributed by atoms with Gasteiger partial charge in [-0.05, 0) is 23.8 Å². The van der Waals surface area contributed by atoms with Crippen molar-refractivity contribution < 1.29 is 18.5 Å². The van der Waals surface area contributed by atoms with E-state index in [0.717, 1.165) is 5.56 Å². The first-order chi connectivity index (χ1) is 14.7. The minimum absolute atomic E-state index is 0.0599. The van der Waals surface area contributed by atoms with Gasteiger partial charge in [-0.2, -0.15) is 4.98 Å². The number of amides is 1. The molecule has 0 unspecified atom stereocenters. The van der Waals surface area contributed by atoms with Crippen molar-refractivity contribution in [3.05, 3.63) is 90.0 Å². The summed E-state index contributed by atoms with van der Waals surface area (Å²) in [5.74, 6) is 1.01. The summed E-state index contributed by atoms with van der Waals surface area (Å²) in [6, 6.07) is 19.8. The van der Waals surface area contributed by atoms with Crippen molar-refractivity contribution in [3.8, 4) is 11.6 Å². The monoisotopic (exact) mass is 401 g/mol. The van der Waals surface area contributed by atoms with E-state index < -0.39 is 0 Å². The Kier molecular flexibility index (Phi) is 5.80. The molecule has 30 heavy (non-hydrogen) atoms. The number of rotatable bonds is 8. The van der Waals surface area contributed by atoms with Gasteiger partial charge in [-0.1, -0.05) is 53.7 Å². The van der Waals surface area contributed by atoms with Gasteiger partial charge in [0.25, 0.3) is 0 Å². The highest BCUT2D eigenvalue weighted by atomic mass is 16.5. The number of nitrogens with one attached hydrogen (secondary N) is 1. The summed E-state index contributed by atoms with van der Waals surface area (Å²) in [5, 5.41) is 6.79. The first kappa shape index (κ1) is 19.3. The van der Waals surface area contributed by atoms with Gasteiger partial charge in [-0.15, -0.1) is 0 Å². The molecule has 1 amide bonds. The maximum absolute atomic E-state index is 12.4. The van der Waals surface area contributed by atoms with E-state index in [1.807, 2.05) is 24.3 Å². The average molecular weight is 401 g/mol. The summed E-state index contributed by atoms with van der Waals surface area (Å²) in [4.78, 5) is 28.9. The summed E-state index contributed by atoms with van der Waals surface area (Å²) in [6.45, 7) is 0. The fourth-order valence-corrected chi connectivity index (χ4v) is 3.00. The number of para-hydroxylation sites is 1. The number of carbonyl (C=O) groups is 2. The number of aromatic nitrogens is 2. The highest BCUT2D eigenvalue weighted by Crippen LogP contribution is 2.21. The minimum Gasteiger partial charge on any atom is -0.461 e. The molecule has 4 aromatic rings. The molecule has 0 atom stereocenters. The van der Waals surface area contributed by atoms with E-state index >= 15 is 0 Å². The highest BCUT2D eigenvalue weighted by molar-refractivity contribution is 6.00. The molecule has 0 fully saturated rings. The van der Waals surface area contributed by atoms with Gasteiger partial charge in [0, 0.05) is 24.1 Å². The Labute approximate surface area is 172 Å². The van der Waals surface area contributed by atoms with Gasteiger partial charge in [0.1, 0.15) is 0 Å². The van der Waals surface area contributed by atoms with Crippen molar-refractivity contribution in [1.82, 2.24) is 10.1 Å². The van der Waals surface area contributed by atoms with Gasteiger partial charge < -0.3 is 14.3 Å². The Balaban J connectivity index is 1.38. The van der Waals surface area contributed by atoms with Crippen molar-refractivity contribution in [1.29, 1.82) is 0 Å². The number of anilines is 1. The second-order valence-corrected chi connectivity index (χ2v) is 6.66. The van der Waals surface area contributed by atoms with E-state index in [2.05, 4.69) is 15.5 Å². The van der Waals surface area contributed by atoms with E-state index in [9.17, 15) is 9.59 Å². The molecule has 4 rings (SSSR count). The van der Waals surface area contributed by atoms with E-state index in [4.69, 9.17) is 8.94 Å². The van der Waals surface area contributed by atoms with Crippen LogP contribution in [0.25, 0.3) is 11.6 Å². The van der Waals surface area contributed by atoms with Gasteiger partial charge in [-0.3, -0.25) is 9.59 Å². The molecule has 7 nitrogen and oxygen atoms in total. The lowest BCUT2D eigenvalue weighted by Gasteiger charge is -2.09. The SMILES string of the molecule is O=C(CCC(=O)c1ccccc1)Nc1ccccc1Cc1nc(-c2ccco2)no1. The topological polar surface area (TPSA) is 98.2 Å². The molecule has 150 valence electrons. The molecule has 2 heterocycles. The number of benzene rings is 2. The Bertz CT molecular complexity index is 1130. The summed E-state index contributed by atoms with van der Waals surface area (Å²) in [5.41, 5.74) is 2.08. The lowest BCUT2D eigenvalue weighted by molar-refractivity contribution is -0.116. The smallest absolute Gasteiger partial charge is 0.238 e. The molecule has 0 bridgehead atoms. The van der Waals surface area contributed by atoms with Gasteiger partial charge in [-0.25, -0.2) is 0 Å². The van der Waals surface area contributed by atoms with Crippen LogP contribution in [0.5, 0.6) is 0 Å². The molecule has 0 radical (unpaired) electrons. The number of hydrogen-bond acceptors (Lipinski definition) is 6. The molecule has 0 saturated heterocycles. The first-order valence-electron chi connectivity index (χ1n) is 9.51. The molecule has 0 aliphatic carbocycles. The molecule has 2 aromatic heterocycles. The van der Waals surface area contributed by atoms with Crippen LogP contribution in [0.1, 0.15) is 34.7 Å². The maximum atomic E-state index is 12.4. The normalized spacial score (nSPS) is 10.7. The fourth-order valence-electron chi connectivity index (χ4n) is 3.00. The molecule has 2 aromatic carbocycles. The predicted octanol–water partition coefficient (Wildman–Crippen LogP) is 4.52. The second-order valence-electron chi connectivity index (χ2n) is 6.66. The van der Waals surface area contributed by atoms with Crippen LogP contribution in [0.3, 0.4) is 0 Å². The zero-order chi connectivity index (χ0) is 20.8. The van der Waals surface area contributed by atoms with Gasteiger partial charge >= 0.3 is 0 Å². The molecule has 0 saturated carbocycles. The van der Waals surface area contributed by atoms with Crippen LogP contribution in [0, 0.1) is 0 Å². The first-order valence-corrected chi connectivity index (χ1v) is 9.51. The van der Waals surface area contributed by atoms with Crippen LogP contribution in [0.4, 0.5) is 5.69 Å². The molecule has 7 heteroatoms. The van der Waals surface area contributed by atoms with Crippen LogP contribution in [0.15, 0.2) is 81.9 Å². The zero-order valence-corrected chi connectivity index (χ0v) is 16.1. The van der Waals surface area contributed by atoms with E-state index in [1.165, 1.54) is 0 Å². The Hall–Kier alpha value is -4.00. The van der Waals surface area contributed by atoms with Crippen molar-refractivity contribution in [2.24, 2.45) is 0 Å². The van der Waals surface area contributed by atoms with E-state index in [0.29, 0.717) is 35.1 Å². The van der Waals surface area contributed by atoms with Gasteiger partial charge in [0.05, 0.1) is 12.7 Å². The largest absolute Gasteiger partial charge is 0.461 e. The fraction of sp³-hybridized carbons (Fsp3) is 0.130. The van der Waals surface area contributed by atoms with Crippen LogP contribution in [0.2, 0.25) is 0 Å². The Morgan fingerprint density at radius 3 is 2.50 bits per heavy atom. The summed E-state index contributed by atoms with van der Waals surface area (Å²) in [7, 11) is 0. The number of nitrogens with zero attached hydrogens (tertiary/aromatic N) is 2. The van der Waals surface area contributed by atoms with E-state index in [1.54, 1.807) is 48.7 Å². The van der Waals surface area contributed by atoms with Crippen molar-refractivity contribution in [3.63, 3.8) is 0 Å². The zero-order valence-electron chi connectivity index (χ0n) is 16.1. The second kappa shape index (κ2) is 9.00. The lowest BCUT2D eigenvalue weighted by Crippen LogP contribution is -2.14. The number of carbonyl (C=O) groups excluding carboxylic acids is 2. The Morgan fingerprint density at radius 2 is 1.70 bits per heavy atom. The molecule has 0 aliphatic rings. The maximum Gasteiger partial charge on any atom is 0.238 e. The molecular formula is C23H19N3O4. The quantitative estimate of drug-likeness (QED) is 0.436. The summed E-state index contributed by atoms with van der Waals surface area (Å²) >= 11 is 0. The summed E-state index contributed by atoms with van der Waals surface area (Å²) < 4.78 is 10.6.